The maximum absolute atomic E-state index is 12.5. The zero-order valence-electron chi connectivity index (χ0n) is 16.6. The standard InChI is InChI=1S/C23H26N4O2/c1-29-20-9-7-19(8-10-20)21-13-22(26-25-21)23(28)24-14-18-11-12-27(16-18)15-17-5-3-2-4-6-17/h2-10,13,18H,11-12,14-16H2,1H3,(H,24,28)(H,25,26)/t18-/m1/s1. The molecule has 4 rings (SSSR count). The number of hydrogen-bond acceptors (Lipinski definition) is 4. The van der Waals surface area contributed by atoms with Crippen LogP contribution in [0.3, 0.4) is 0 Å². The lowest BCUT2D eigenvalue weighted by molar-refractivity contribution is 0.0942. The maximum atomic E-state index is 12.5. The quantitative estimate of drug-likeness (QED) is 0.649. The van der Waals surface area contributed by atoms with E-state index in [2.05, 4.69) is 44.7 Å². The van der Waals surface area contributed by atoms with E-state index in [1.807, 2.05) is 30.3 Å². The van der Waals surface area contributed by atoms with Crippen LogP contribution < -0.4 is 10.1 Å². The molecule has 150 valence electrons. The number of likely N-dealkylation sites (tertiary alicyclic amines) is 1. The number of carbonyl (C=O) groups is 1. The third-order valence-electron chi connectivity index (χ3n) is 5.38. The number of amides is 1. The van der Waals surface area contributed by atoms with Gasteiger partial charge in [-0.05, 0) is 54.8 Å². The number of carbonyl (C=O) groups excluding carboxylic acids is 1. The van der Waals surface area contributed by atoms with Crippen LogP contribution >= 0.6 is 0 Å². The van der Waals surface area contributed by atoms with E-state index in [1.54, 1.807) is 13.2 Å². The van der Waals surface area contributed by atoms with Crippen molar-refractivity contribution < 1.29 is 9.53 Å². The van der Waals surface area contributed by atoms with E-state index in [1.165, 1.54) is 5.56 Å². The van der Waals surface area contributed by atoms with Crippen LogP contribution in [0.5, 0.6) is 5.75 Å². The first-order valence-corrected chi connectivity index (χ1v) is 9.95. The minimum Gasteiger partial charge on any atom is -0.497 e. The van der Waals surface area contributed by atoms with Gasteiger partial charge in [0.1, 0.15) is 11.4 Å². The number of hydrogen-bond donors (Lipinski definition) is 2. The van der Waals surface area contributed by atoms with E-state index in [0.717, 1.165) is 43.1 Å². The smallest absolute Gasteiger partial charge is 0.269 e. The van der Waals surface area contributed by atoms with E-state index >= 15 is 0 Å². The van der Waals surface area contributed by atoms with Gasteiger partial charge < -0.3 is 10.1 Å². The summed E-state index contributed by atoms with van der Waals surface area (Å²) in [4.78, 5) is 15.0. The van der Waals surface area contributed by atoms with Crippen molar-refractivity contribution in [2.45, 2.75) is 13.0 Å². The van der Waals surface area contributed by atoms with E-state index in [9.17, 15) is 4.79 Å². The van der Waals surface area contributed by atoms with Crippen molar-refractivity contribution in [1.29, 1.82) is 0 Å². The molecular weight excluding hydrogens is 364 g/mol. The fourth-order valence-electron chi connectivity index (χ4n) is 3.74. The topological polar surface area (TPSA) is 70.2 Å². The van der Waals surface area contributed by atoms with Gasteiger partial charge in [-0.2, -0.15) is 5.10 Å². The fourth-order valence-corrected chi connectivity index (χ4v) is 3.74. The van der Waals surface area contributed by atoms with E-state index in [0.29, 0.717) is 18.2 Å². The molecule has 1 aromatic heterocycles. The first-order chi connectivity index (χ1) is 14.2. The summed E-state index contributed by atoms with van der Waals surface area (Å²) in [6.07, 6.45) is 1.10. The molecule has 0 bridgehead atoms. The Morgan fingerprint density at radius 3 is 2.76 bits per heavy atom. The minimum atomic E-state index is -0.112. The predicted molar refractivity (Wildman–Crippen MR) is 113 cm³/mol. The normalized spacial score (nSPS) is 16.7. The Bertz CT molecular complexity index is 937. The van der Waals surface area contributed by atoms with Crippen molar-refractivity contribution >= 4 is 5.91 Å². The Hall–Kier alpha value is -3.12. The number of rotatable bonds is 7. The SMILES string of the molecule is COc1ccc(-c2cc(C(=O)NC[C@H]3CCN(Cc4ccccc4)C3)[nH]n2)cc1. The van der Waals surface area contributed by atoms with Gasteiger partial charge in [0, 0.05) is 25.2 Å². The Balaban J connectivity index is 1.27. The third kappa shape index (κ3) is 4.84. The monoisotopic (exact) mass is 390 g/mol. The highest BCUT2D eigenvalue weighted by molar-refractivity contribution is 5.93. The molecule has 0 spiro atoms. The number of benzene rings is 2. The molecule has 0 saturated carbocycles. The van der Waals surface area contributed by atoms with Crippen LogP contribution in [0.25, 0.3) is 11.3 Å². The van der Waals surface area contributed by atoms with E-state index in [-0.39, 0.29) is 5.91 Å². The van der Waals surface area contributed by atoms with Crippen LogP contribution in [0.2, 0.25) is 0 Å². The van der Waals surface area contributed by atoms with Crippen molar-refractivity contribution in [2.24, 2.45) is 5.92 Å². The Morgan fingerprint density at radius 2 is 2.00 bits per heavy atom. The van der Waals surface area contributed by atoms with Gasteiger partial charge in [0.2, 0.25) is 0 Å². The molecule has 0 unspecified atom stereocenters. The van der Waals surface area contributed by atoms with Crippen molar-refractivity contribution in [3.8, 4) is 17.0 Å². The van der Waals surface area contributed by atoms with Gasteiger partial charge in [-0.15, -0.1) is 0 Å². The van der Waals surface area contributed by atoms with Crippen molar-refractivity contribution in [1.82, 2.24) is 20.4 Å². The second-order valence-electron chi connectivity index (χ2n) is 7.48. The number of H-pyrrole nitrogens is 1. The molecule has 6 heteroatoms. The van der Waals surface area contributed by atoms with Crippen LogP contribution in [0.15, 0.2) is 60.7 Å². The molecule has 2 N–H and O–H groups in total. The molecule has 0 aliphatic carbocycles. The number of aromatic nitrogens is 2. The highest BCUT2D eigenvalue weighted by Gasteiger charge is 2.23. The van der Waals surface area contributed by atoms with Crippen LogP contribution in [-0.2, 0) is 6.54 Å². The zero-order valence-corrected chi connectivity index (χ0v) is 16.6. The van der Waals surface area contributed by atoms with Gasteiger partial charge in [0.25, 0.3) is 5.91 Å². The molecule has 29 heavy (non-hydrogen) atoms. The van der Waals surface area contributed by atoms with Crippen molar-refractivity contribution in [2.75, 3.05) is 26.7 Å². The average molecular weight is 390 g/mol. The lowest BCUT2D eigenvalue weighted by Crippen LogP contribution is -2.31. The maximum Gasteiger partial charge on any atom is 0.269 e. The summed E-state index contributed by atoms with van der Waals surface area (Å²) in [6.45, 7) is 3.73. The molecule has 2 aromatic carbocycles. The number of nitrogens with one attached hydrogen (secondary N) is 2. The molecule has 1 saturated heterocycles. The van der Waals surface area contributed by atoms with Crippen LogP contribution in [0.1, 0.15) is 22.5 Å². The van der Waals surface area contributed by atoms with Crippen molar-refractivity contribution in [3.05, 3.63) is 71.9 Å². The lowest BCUT2D eigenvalue weighted by atomic mass is 10.1. The summed E-state index contributed by atoms with van der Waals surface area (Å²) in [5.74, 6) is 1.16. The predicted octanol–water partition coefficient (Wildman–Crippen LogP) is 3.34. The molecule has 1 fully saturated rings. The molecule has 1 atom stereocenters. The number of ether oxygens (including phenoxy) is 1. The molecule has 1 aliphatic heterocycles. The first kappa shape index (κ1) is 19.2. The van der Waals surface area contributed by atoms with E-state index in [4.69, 9.17) is 4.74 Å². The van der Waals surface area contributed by atoms with E-state index < -0.39 is 0 Å². The Kier molecular flexibility index (Phi) is 5.91. The molecule has 2 heterocycles. The van der Waals surface area contributed by atoms with Crippen LogP contribution in [0.4, 0.5) is 0 Å². The van der Waals surface area contributed by atoms with Gasteiger partial charge in [-0.25, -0.2) is 0 Å². The molecule has 0 radical (unpaired) electrons. The molecule has 1 aliphatic rings. The van der Waals surface area contributed by atoms with Gasteiger partial charge in [0.15, 0.2) is 0 Å². The Morgan fingerprint density at radius 1 is 1.21 bits per heavy atom. The lowest BCUT2D eigenvalue weighted by Gasteiger charge is -2.16. The second kappa shape index (κ2) is 8.92. The molecule has 1 amide bonds. The molecule has 6 nitrogen and oxygen atoms in total. The molecule has 3 aromatic rings. The summed E-state index contributed by atoms with van der Waals surface area (Å²) < 4.78 is 5.17. The van der Waals surface area contributed by atoms with Crippen LogP contribution in [0, 0.1) is 5.92 Å². The summed E-state index contributed by atoms with van der Waals surface area (Å²) >= 11 is 0. The van der Waals surface area contributed by atoms with Gasteiger partial charge in [-0.1, -0.05) is 30.3 Å². The van der Waals surface area contributed by atoms with Gasteiger partial charge in [-0.3, -0.25) is 14.8 Å². The number of aromatic amines is 1. The Labute approximate surface area is 170 Å². The largest absolute Gasteiger partial charge is 0.497 e. The number of nitrogens with zero attached hydrogens (tertiary/aromatic N) is 2. The second-order valence-corrected chi connectivity index (χ2v) is 7.48. The first-order valence-electron chi connectivity index (χ1n) is 9.95. The van der Waals surface area contributed by atoms with Gasteiger partial charge >= 0.3 is 0 Å². The minimum absolute atomic E-state index is 0.112. The summed E-state index contributed by atoms with van der Waals surface area (Å²) in [5.41, 5.74) is 3.50. The summed E-state index contributed by atoms with van der Waals surface area (Å²) in [6, 6.07) is 19.9. The highest BCUT2D eigenvalue weighted by Crippen LogP contribution is 2.21. The summed E-state index contributed by atoms with van der Waals surface area (Å²) in [5, 5.41) is 10.2. The molecular formula is C23H26N4O2. The highest BCUT2D eigenvalue weighted by atomic mass is 16.5. The number of methoxy groups -OCH3 is 1. The fraction of sp³-hybridized carbons (Fsp3) is 0.304. The van der Waals surface area contributed by atoms with Crippen molar-refractivity contribution in [3.63, 3.8) is 0 Å². The average Bonchev–Trinajstić information content (AvgIpc) is 3.43. The van der Waals surface area contributed by atoms with Crippen LogP contribution in [-0.4, -0.2) is 47.7 Å². The third-order valence-corrected chi connectivity index (χ3v) is 5.38. The zero-order chi connectivity index (χ0) is 20.1. The van der Waals surface area contributed by atoms with Gasteiger partial charge in [0.05, 0.1) is 12.8 Å². The summed E-state index contributed by atoms with van der Waals surface area (Å²) in [7, 11) is 1.64.